The van der Waals surface area contributed by atoms with Crippen molar-refractivity contribution >= 4 is 0 Å². The van der Waals surface area contributed by atoms with Crippen LogP contribution in [0.1, 0.15) is 30.9 Å². The van der Waals surface area contributed by atoms with E-state index in [0.717, 1.165) is 16.7 Å². The Bertz CT molecular complexity index is 612. The van der Waals surface area contributed by atoms with Crippen LogP contribution in [0.4, 0.5) is 0 Å². The molecule has 0 saturated heterocycles. The van der Waals surface area contributed by atoms with Crippen molar-refractivity contribution in [2.75, 3.05) is 0 Å². The van der Waals surface area contributed by atoms with Gasteiger partial charge in [-0.05, 0) is 6.92 Å². The molecule has 0 aromatic heterocycles. The van der Waals surface area contributed by atoms with Crippen molar-refractivity contribution in [2.24, 2.45) is 0 Å². The average Bonchev–Trinajstić information content (AvgIpc) is 2.66. The van der Waals surface area contributed by atoms with Gasteiger partial charge in [0.2, 0.25) is 0 Å². The Morgan fingerprint density at radius 3 is 1.43 bits per heavy atom. The minimum Gasteiger partial charge on any atom is -0.358 e. The van der Waals surface area contributed by atoms with Gasteiger partial charge in [-0.3, -0.25) is 0 Å². The van der Waals surface area contributed by atoms with Gasteiger partial charge in [0.05, 0.1) is 0 Å². The summed E-state index contributed by atoms with van der Waals surface area (Å²) in [5, 5.41) is 0. The van der Waals surface area contributed by atoms with Gasteiger partial charge in [-0.25, -0.2) is 0 Å². The summed E-state index contributed by atoms with van der Waals surface area (Å²) in [6.07, 6.45) is 14.3. The van der Waals surface area contributed by atoms with Gasteiger partial charge in [0.1, 0.15) is 0 Å². The maximum atomic E-state index is 3.77. The van der Waals surface area contributed by atoms with Crippen LogP contribution in [0, 0.1) is 28.2 Å². The predicted molar refractivity (Wildman–Crippen MR) is 125 cm³/mol. The molecule has 28 heavy (non-hydrogen) atoms. The summed E-state index contributed by atoms with van der Waals surface area (Å²) in [6, 6.07) is 19.7. The van der Waals surface area contributed by atoms with E-state index in [1.165, 1.54) is 12.8 Å². The molecule has 3 rings (SSSR count). The summed E-state index contributed by atoms with van der Waals surface area (Å²) in [5.41, 5.74) is 3.30. The van der Waals surface area contributed by atoms with E-state index in [-0.39, 0.29) is 33.3 Å². The quantitative estimate of drug-likeness (QED) is 0.196. The molecule has 0 unspecified atom stereocenters. The molecule has 0 aliphatic heterocycles. The Balaban J connectivity index is -0.000000293. The summed E-state index contributed by atoms with van der Waals surface area (Å²) in [5.74, 6) is 0. The second-order valence-corrected chi connectivity index (χ2v) is 5.49. The minimum absolute atomic E-state index is 0. The Kier molecular flexibility index (Phi) is 25.1. The Hall–Kier alpha value is -2.12. The van der Waals surface area contributed by atoms with E-state index >= 15 is 0 Å². The van der Waals surface area contributed by atoms with Crippen LogP contribution >= 0.6 is 0 Å². The van der Waals surface area contributed by atoms with Crippen molar-refractivity contribution in [3.63, 3.8) is 0 Å². The SMILES string of the molecule is C=C/C=C\C.[CH2-]C1=CCCC=C1.[CH2-]c1ccccc1.[CH2-]c1ccccc1.[CH3-].[Hf+4]. The third-order valence-corrected chi connectivity index (χ3v) is 3.09. The molecular formula is C27H34Hf. The molecule has 146 valence electrons. The van der Waals surface area contributed by atoms with Gasteiger partial charge in [0.15, 0.2) is 0 Å². The molecule has 1 aliphatic rings. The van der Waals surface area contributed by atoms with Gasteiger partial charge in [-0.15, -0.1) is 30.3 Å². The molecular weight excluding hydrogens is 503 g/mol. The smallest absolute Gasteiger partial charge is 0.358 e. The molecule has 0 nitrogen and oxygen atoms in total. The van der Waals surface area contributed by atoms with Crippen LogP contribution in [0.3, 0.4) is 0 Å². The molecule has 0 radical (unpaired) electrons. The van der Waals surface area contributed by atoms with E-state index in [1.54, 1.807) is 6.08 Å². The normalized spacial score (nSPS) is 10.7. The number of allylic oxidation sites excluding steroid dienone is 7. The fraction of sp³-hybridized carbons (Fsp3) is 0.111. The van der Waals surface area contributed by atoms with Crippen LogP contribution in [-0.4, -0.2) is 0 Å². The summed E-state index contributed by atoms with van der Waals surface area (Å²) in [6.45, 7) is 16.6. The Morgan fingerprint density at radius 2 is 1.29 bits per heavy atom. The van der Waals surface area contributed by atoms with Crippen LogP contribution in [0.15, 0.2) is 109 Å². The fourth-order valence-electron chi connectivity index (χ4n) is 1.76. The standard InChI is InChI=1S/C7H9.2C7H7.C5H8.CH3.Hf/c3*1-7-5-3-2-4-6-7;1-3-5-4-2;;/h3,5-6H,1-2,4H2;2*2-6H,1H2;3-5H,1H2,2H3;1H3;/q3*-1;;-1;+4/b;;;5-4-;;. The Labute approximate surface area is 193 Å². The summed E-state index contributed by atoms with van der Waals surface area (Å²) >= 11 is 0. The molecule has 2 aromatic carbocycles. The van der Waals surface area contributed by atoms with Crippen LogP contribution in [0.5, 0.6) is 0 Å². The maximum Gasteiger partial charge on any atom is 4.00 e. The van der Waals surface area contributed by atoms with E-state index in [1.807, 2.05) is 79.7 Å². The third-order valence-electron chi connectivity index (χ3n) is 3.09. The van der Waals surface area contributed by atoms with Crippen molar-refractivity contribution in [3.05, 3.63) is 149 Å². The molecule has 0 fully saturated rings. The Morgan fingerprint density at radius 1 is 0.821 bits per heavy atom. The predicted octanol–water partition coefficient (Wildman–Crippen LogP) is 8.03. The van der Waals surface area contributed by atoms with Crippen LogP contribution < -0.4 is 0 Å². The van der Waals surface area contributed by atoms with Crippen LogP contribution in [0.2, 0.25) is 0 Å². The van der Waals surface area contributed by atoms with Gasteiger partial charge in [-0.1, -0.05) is 49.8 Å². The zero-order valence-electron chi connectivity index (χ0n) is 17.5. The van der Waals surface area contributed by atoms with Crippen molar-refractivity contribution in [3.8, 4) is 0 Å². The third kappa shape index (κ3) is 21.9. The number of hydrogen-bond acceptors (Lipinski definition) is 0. The van der Waals surface area contributed by atoms with E-state index in [4.69, 9.17) is 0 Å². The first-order chi connectivity index (χ1) is 12.6. The summed E-state index contributed by atoms with van der Waals surface area (Å²) in [4.78, 5) is 0. The topological polar surface area (TPSA) is 0 Å². The molecule has 2 aromatic rings. The van der Waals surface area contributed by atoms with Crippen molar-refractivity contribution in [2.45, 2.75) is 19.8 Å². The van der Waals surface area contributed by atoms with Crippen molar-refractivity contribution in [1.29, 1.82) is 0 Å². The first-order valence-corrected chi connectivity index (χ1v) is 8.76. The molecule has 0 bridgehead atoms. The van der Waals surface area contributed by atoms with Crippen LogP contribution in [0.25, 0.3) is 0 Å². The van der Waals surface area contributed by atoms with Gasteiger partial charge < -0.3 is 7.43 Å². The second kappa shape index (κ2) is 22.9. The van der Waals surface area contributed by atoms with Crippen molar-refractivity contribution in [1.82, 2.24) is 0 Å². The molecule has 0 spiro atoms. The largest absolute Gasteiger partial charge is 4.00 e. The number of rotatable bonds is 1. The van der Waals surface area contributed by atoms with E-state index < -0.39 is 0 Å². The minimum atomic E-state index is 0. The molecule has 0 saturated carbocycles. The van der Waals surface area contributed by atoms with Gasteiger partial charge in [-0.2, -0.15) is 73.9 Å². The van der Waals surface area contributed by atoms with Gasteiger partial charge in [0.25, 0.3) is 0 Å². The van der Waals surface area contributed by atoms with E-state index in [2.05, 4.69) is 45.6 Å². The van der Waals surface area contributed by atoms with Crippen LogP contribution in [-0.2, 0) is 25.8 Å². The summed E-state index contributed by atoms with van der Waals surface area (Å²) < 4.78 is 0. The van der Waals surface area contributed by atoms with Crippen molar-refractivity contribution < 1.29 is 25.8 Å². The molecule has 0 heterocycles. The molecule has 0 amide bonds. The second-order valence-electron chi connectivity index (χ2n) is 5.49. The monoisotopic (exact) mass is 538 g/mol. The number of benzene rings is 2. The fourth-order valence-corrected chi connectivity index (χ4v) is 1.76. The van der Waals surface area contributed by atoms with E-state index in [0.29, 0.717) is 0 Å². The van der Waals surface area contributed by atoms with Gasteiger partial charge >= 0.3 is 25.8 Å². The first-order valence-electron chi connectivity index (χ1n) is 8.76. The zero-order valence-corrected chi connectivity index (χ0v) is 21.1. The zero-order chi connectivity index (χ0) is 19.5. The number of hydrogen-bond donors (Lipinski definition) is 0. The molecule has 1 heteroatoms. The van der Waals surface area contributed by atoms with Gasteiger partial charge in [0, 0.05) is 0 Å². The average molecular weight is 537 g/mol. The maximum absolute atomic E-state index is 3.77. The molecule has 0 N–H and O–H groups in total. The summed E-state index contributed by atoms with van der Waals surface area (Å²) in [7, 11) is 0. The molecule has 0 atom stereocenters. The molecule has 1 aliphatic carbocycles. The first kappa shape index (κ1) is 30.6. The van der Waals surface area contributed by atoms with E-state index in [9.17, 15) is 0 Å².